The summed E-state index contributed by atoms with van der Waals surface area (Å²) in [5.74, 6) is 0.575. The molecule has 6 nitrogen and oxygen atoms in total. The highest BCUT2D eigenvalue weighted by atomic mass is 16.6. The number of carbonyl (C=O) groups excluding carboxylic acids is 1. The van der Waals surface area contributed by atoms with Crippen molar-refractivity contribution in [3.8, 4) is 11.5 Å². The summed E-state index contributed by atoms with van der Waals surface area (Å²) in [6.07, 6.45) is 2.04. The minimum absolute atomic E-state index is 0.0253. The molecule has 0 bridgehead atoms. The summed E-state index contributed by atoms with van der Waals surface area (Å²) in [5, 5.41) is 10.8. The molecule has 0 aliphatic heterocycles. The molecule has 0 aliphatic carbocycles. The molecule has 0 fully saturated rings. The third-order valence-corrected chi connectivity index (χ3v) is 3.33. The number of ether oxygens (including phenoxy) is 2. The molecule has 0 aromatic heterocycles. The maximum absolute atomic E-state index is 12.3. The second kappa shape index (κ2) is 7.92. The topological polar surface area (TPSA) is 78.7 Å². The van der Waals surface area contributed by atoms with E-state index in [0.717, 1.165) is 0 Å². The van der Waals surface area contributed by atoms with E-state index < -0.39 is 10.9 Å². The SMILES string of the molecule is CC/C(=C\c1cccc([N+](=O)[O-])c1)C(=O)Oc1ccc(OC)cc1. The number of carbonyl (C=O) groups is 1. The van der Waals surface area contributed by atoms with E-state index in [1.807, 2.05) is 6.92 Å². The van der Waals surface area contributed by atoms with E-state index in [0.29, 0.717) is 29.1 Å². The number of methoxy groups -OCH3 is 1. The second-order valence-corrected chi connectivity index (χ2v) is 4.94. The van der Waals surface area contributed by atoms with Gasteiger partial charge in [0.15, 0.2) is 0 Å². The first-order valence-electron chi connectivity index (χ1n) is 7.34. The molecule has 0 heterocycles. The largest absolute Gasteiger partial charge is 0.497 e. The molecule has 124 valence electrons. The maximum atomic E-state index is 12.3. The smallest absolute Gasteiger partial charge is 0.339 e. The highest BCUT2D eigenvalue weighted by Gasteiger charge is 2.12. The molecular weight excluding hydrogens is 310 g/mol. The molecule has 0 unspecified atom stereocenters. The van der Waals surface area contributed by atoms with Gasteiger partial charge in [0.2, 0.25) is 0 Å². The van der Waals surface area contributed by atoms with Crippen LogP contribution in [0.15, 0.2) is 54.1 Å². The number of rotatable bonds is 6. The van der Waals surface area contributed by atoms with Crippen LogP contribution in [0.3, 0.4) is 0 Å². The fourth-order valence-electron chi connectivity index (χ4n) is 2.05. The Morgan fingerprint density at radius 1 is 1.17 bits per heavy atom. The van der Waals surface area contributed by atoms with Crippen LogP contribution in [-0.2, 0) is 4.79 Å². The number of benzene rings is 2. The van der Waals surface area contributed by atoms with Crippen molar-refractivity contribution in [1.82, 2.24) is 0 Å². The van der Waals surface area contributed by atoms with Gasteiger partial charge in [-0.1, -0.05) is 19.1 Å². The van der Waals surface area contributed by atoms with Crippen LogP contribution < -0.4 is 9.47 Å². The Balaban J connectivity index is 2.18. The minimum Gasteiger partial charge on any atom is -0.497 e. The standard InChI is InChI=1S/C18H17NO5/c1-3-14(11-13-5-4-6-15(12-13)19(21)22)18(20)24-17-9-7-16(23-2)8-10-17/h4-12H,3H2,1-2H3/b14-11+. The Hall–Kier alpha value is -3.15. The van der Waals surface area contributed by atoms with Crippen LogP contribution in [0.5, 0.6) is 11.5 Å². The molecule has 2 rings (SSSR count). The van der Waals surface area contributed by atoms with Gasteiger partial charge in [-0.3, -0.25) is 10.1 Å². The van der Waals surface area contributed by atoms with Gasteiger partial charge in [-0.2, -0.15) is 0 Å². The Morgan fingerprint density at radius 3 is 2.42 bits per heavy atom. The van der Waals surface area contributed by atoms with Crippen molar-refractivity contribution in [2.24, 2.45) is 0 Å². The van der Waals surface area contributed by atoms with E-state index in [9.17, 15) is 14.9 Å². The number of esters is 1. The second-order valence-electron chi connectivity index (χ2n) is 4.94. The lowest BCUT2D eigenvalue weighted by molar-refractivity contribution is -0.384. The Kier molecular flexibility index (Phi) is 5.68. The van der Waals surface area contributed by atoms with E-state index in [1.54, 1.807) is 49.6 Å². The van der Waals surface area contributed by atoms with Gasteiger partial charge in [0.05, 0.1) is 12.0 Å². The van der Waals surface area contributed by atoms with Crippen molar-refractivity contribution in [1.29, 1.82) is 0 Å². The molecule has 2 aromatic carbocycles. The number of nitro benzene ring substituents is 1. The summed E-state index contributed by atoms with van der Waals surface area (Å²) in [7, 11) is 1.55. The molecule has 0 saturated carbocycles. The highest BCUT2D eigenvalue weighted by molar-refractivity contribution is 5.95. The van der Waals surface area contributed by atoms with Gasteiger partial charge >= 0.3 is 5.97 Å². The number of hydrogen-bond acceptors (Lipinski definition) is 5. The van der Waals surface area contributed by atoms with E-state index in [2.05, 4.69) is 0 Å². The van der Waals surface area contributed by atoms with E-state index >= 15 is 0 Å². The van der Waals surface area contributed by atoms with Crippen LogP contribution in [0.25, 0.3) is 6.08 Å². The van der Waals surface area contributed by atoms with Gasteiger partial charge in [-0.15, -0.1) is 0 Å². The zero-order valence-corrected chi connectivity index (χ0v) is 13.4. The summed E-state index contributed by atoms with van der Waals surface area (Å²) in [6, 6.07) is 12.7. The first-order valence-corrected chi connectivity index (χ1v) is 7.34. The predicted octanol–water partition coefficient (Wildman–Crippen LogP) is 4.00. The number of nitrogens with zero attached hydrogens (tertiary/aromatic N) is 1. The van der Waals surface area contributed by atoms with Gasteiger partial charge in [0.25, 0.3) is 5.69 Å². The Bertz CT molecular complexity index is 765. The first kappa shape index (κ1) is 17.2. The molecule has 0 spiro atoms. The molecule has 24 heavy (non-hydrogen) atoms. The monoisotopic (exact) mass is 327 g/mol. The Morgan fingerprint density at radius 2 is 1.83 bits per heavy atom. The molecular formula is C18H17NO5. The van der Waals surface area contributed by atoms with Crippen molar-refractivity contribution in [2.45, 2.75) is 13.3 Å². The average Bonchev–Trinajstić information content (AvgIpc) is 2.60. The van der Waals surface area contributed by atoms with Crippen LogP contribution in [0, 0.1) is 10.1 Å². The van der Waals surface area contributed by atoms with E-state index in [4.69, 9.17) is 9.47 Å². The van der Waals surface area contributed by atoms with Crippen molar-refractivity contribution in [3.05, 3.63) is 69.8 Å². The molecule has 0 aliphatic rings. The van der Waals surface area contributed by atoms with Gasteiger partial charge in [-0.25, -0.2) is 4.79 Å². The lowest BCUT2D eigenvalue weighted by Crippen LogP contribution is -2.10. The number of nitro groups is 1. The molecule has 2 aromatic rings. The number of hydrogen-bond donors (Lipinski definition) is 0. The average molecular weight is 327 g/mol. The van der Waals surface area contributed by atoms with Crippen LogP contribution >= 0.6 is 0 Å². The van der Waals surface area contributed by atoms with Crippen molar-refractivity contribution in [3.63, 3.8) is 0 Å². The third kappa shape index (κ3) is 4.42. The molecule has 0 radical (unpaired) electrons. The Labute approximate surface area is 139 Å². The lowest BCUT2D eigenvalue weighted by Gasteiger charge is -2.07. The zero-order valence-electron chi connectivity index (χ0n) is 13.4. The lowest BCUT2D eigenvalue weighted by atomic mass is 10.1. The highest BCUT2D eigenvalue weighted by Crippen LogP contribution is 2.20. The zero-order chi connectivity index (χ0) is 17.5. The summed E-state index contributed by atoms with van der Waals surface area (Å²) >= 11 is 0. The summed E-state index contributed by atoms with van der Waals surface area (Å²) in [5.41, 5.74) is 0.974. The predicted molar refractivity (Wildman–Crippen MR) is 90.0 cm³/mol. The van der Waals surface area contributed by atoms with Crippen molar-refractivity contribution in [2.75, 3.05) is 7.11 Å². The summed E-state index contributed by atoms with van der Waals surface area (Å²) < 4.78 is 10.4. The quantitative estimate of drug-likeness (QED) is 0.263. The van der Waals surface area contributed by atoms with Gasteiger partial charge in [-0.05, 0) is 42.3 Å². The minimum atomic E-state index is -0.492. The number of non-ortho nitro benzene ring substituents is 1. The normalized spacial score (nSPS) is 11.0. The molecule has 0 atom stereocenters. The van der Waals surface area contributed by atoms with E-state index in [-0.39, 0.29) is 5.69 Å². The first-order chi connectivity index (χ1) is 11.5. The third-order valence-electron chi connectivity index (χ3n) is 3.33. The van der Waals surface area contributed by atoms with E-state index in [1.165, 1.54) is 12.1 Å². The van der Waals surface area contributed by atoms with Gasteiger partial charge in [0, 0.05) is 17.7 Å². The molecule has 0 saturated heterocycles. The fraction of sp³-hybridized carbons (Fsp3) is 0.167. The van der Waals surface area contributed by atoms with Crippen molar-refractivity contribution < 1.29 is 19.2 Å². The van der Waals surface area contributed by atoms with Crippen molar-refractivity contribution >= 4 is 17.7 Å². The summed E-state index contributed by atoms with van der Waals surface area (Å²) in [4.78, 5) is 22.6. The molecule has 6 heteroatoms. The molecule has 0 N–H and O–H groups in total. The molecule has 0 amide bonds. The van der Waals surface area contributed by atoms with Gasteiger partial charge < -0.3 is 9.47 Å². The van der Waals surface area contributed by atoms with Crippen LogP contribution in [0.2, 0.25) is 0 Å². The summed E-state index contributed by atoms with van der Waals surface area (Å²) in [6.45, 7) is 1.82. The van der Waals surface area contributed by atoms with Crippen LogP contribution in [-0.4, -0.2) is 18.0 Å². The maximum Gasteiger partial charge on any atom is 0.339 e. The van der Waals surface area contributed by atoms with Crippen LogP contribution in [0.1, 0.15) is 18.9 Å². The van der Waals surface area contributed by atoms with Crippen LogP contribution in [0.4, 0.5) is 5.69 Å². The van der Waals surface area contributed by atoms with Gasteiger partial charge in [0.1, 0.15) is 11.5 Å². The fourth-order valence-corrected chi connectivity index (χ4v) is 2.05.